The van der Waals surface area contributed by atoms with Crippen molar-refractivity contribution < 1.29 is 13.5 Å². The second kappa shape index (κ2) is 8.28. The zero-order chi connectivity index (χ0) is 20.5. The Morgan fingerprint density at radius 3 is 2.90 bits per heavy atom. The standard InChI is InChI=1S/C21H29F2N5O/c1-12-11-15(24-2)26-21(28(12)3)27-19-17(22)14-7-10-29-20(14)16(18(19)23)13-5-4-8-25-9-6-13/h6,12,21,25,27H,4-5,7-11H2,1-3H3,(H,24,26). The molecule has 158 valence electrons. The van der Waals surface area contributed by atoms with Gasteiger partial charge >= 0.3 is 0 Å². The number of hydrogen-bond acceptors (Lipinski definition) is 6. The Bertz CT molecular complexity index is 854. The van der Waals surface area contributed by atoms with Crippen LogP contribution in [0.3, 0.4) is 0 Å². The van der Waals surface area contributed by atoms with E-state index in [1.165, 1.54) is 0 Å². The number of halogens is 2. The molecule has 2 atom stereocenters. The molecule has 0 radical (unpaired) electrons. The Kier molecular flexibility index (Phi) is 5.74. The highest BCUT2D eigenvalue weighted by molar-refractivity contribution is 5.83. The monoisotopic (exact) mass is 405 g/mol. The van der Waals surface area contributed by atoms with Crippen molar-refractivity contribution in [2.24, 2.45) is 4.99 Å². The van der Waals surface area contributed by atoms with Gasteiger partial charge in [-0.2, -0.15) is 0 Å². The van der Waals surface area contributed by atoms with Gasteiger partial charge in [0.25, 0.3) is 0 Å². The van der Waals surface area contributed by atoms with Gasteiger partial charge in [0, 0.05) is 38.0 Å². The molecule has 3 aliphatic rings. The summed E-state index contributed by atoms with van der Waals surface area (Å²) < 4.78 is 36.7. The molecule has 6 nitrogen and oxygen atoms in total. The number of fused-ring (bicyclic) bond motifs is 1. The molecular weight excluding hydrogens is 376 g/mol. The van der Waals surface area contributed by atoms with Crippen molar-refractivity contribution in [2.45, 2.75) is 44.9 Å². The third kappa shape index (κ3) is 3.71. The van der Waals surface area contributed by atoms with Gasteiger partial charge in [0.1, 0.15) is 17.3 Å². The predicted molar refractivity (Wildman–Crippen MR) is 111 cm³/mol. The van der Waals surface area contributed by atoms with Gasteiger partial charge in [-0.1, -0.05) is 6.08 Å². The van der Waals surface area contributed by atoms with Gasteiger partial charge in [-0.25, -0.2) is 13.8 Å². The van der Waals surface area contributed by atoms with E-state index in [4.69, 9.17) is 4.74 Å². The smallest absolute Gasteiger partial charge is 0.178 e. The molecule has 3 heterocycles. The highest BCUT2D eigenvalue weighted by Crippen LogP contribution is 2.43. The van der Waals surface area contributed by atoms with Gasteiger partial charge in [-0.15, -0.1) is 0 Å². The van der Waals surface area contributed by atoms with Crippen LogP contribution in [-0.2, 0) is 6.42 Å². The third-order valence-corrected chi connectivity index (χ3v) is 6.05. The summed E-state index contributed by atoms with van der Waals surface area (Å²) in [5.41, 5.74) is 1.60. The third-order valence-electron chi connectivity index (χ3n) is 6.05. The van der Waals surface area contributed by atoms with Crippen LogP contribution in [0.1, 0.15) is 37.3 Å². The minimum Gasteiger partial charge on any atom is -0.492 e. The molecule has 29 heavy (non-hydrogen) atoms. The topological polar surface area (TPSA) is 60.9 Å². The SMILES string of the molecule is CNC1=NC(Nc2c(F)c3c(c(C4=CCNCCC4)c2F)OCC3)N(C)C(C)C1. The maximum atomic E-state index is 15.7. The minimum atomic E-state index is -0.593. The van der Waals surface area contributed by atoms with Crippen LogP contribution in [0.15, 0.2) is 11.1 Å². The van der Waals surface area contributed by atoms with E-state index < -0.39 is 17.9 Å². The highest BCUT2D eigenvalue weighted by atomic mass is 19.1. The van der Waals surface area contributed by atoms with Gasteiger partial charge in [-0.05, 0) is 38.9 Å². The Balaban J connectivity index is 1.78. The van der Waals surface area contributed by atoms with Crippen molar-refractivity contribution in [1.82, 2.24) is 15.5 Å². The lowest BCUT2D eigenvalue weighted by Crippen LogP contribution is -2.49. The number of amidine groups is 1. The quantitative estimate of drug-likeness (QED) is 0.722. The Labute approximate surface area is 170 Å². The lowest BCUT2D eigenvalue weighted by molar-refractivity contribution is 0.197. The van der Waals surface area contributed by atoms with Gasteiger partial charge in [0.05, 0.1) is 12.2 Å². The molecular formula is C21H29F2N5O. The van der Waals surface area contributed by atoms with Crippen molar-refractivity contribution >= 4 is 17.1 Å². The molecule has 0 aromatic heterocycles. The van der Waals surface area contributed by atoms with Gasteiger partial charge in [0.15, 0.2) is 17.9 Å². The molecule has 0 amide bonds. The summed E-state index contributed by atoms with van der Waals surface area (Å²) >= 11 is 0. The van der Waals surface area contributed by atoms with Crippen LogP contribution in [-0.4, -0.2) is 56.9 Å². The molecule has 0 aliphatic carbocycles. The molecule has 3 N–H and O–H groups in total. The summed E-state index contributed by atoms with van der Waals surface area (Å²) in [7, 11) is 3.72. The fraction of sp³-hybridized carbons (Fsp3) is 0.571. The predicted octanol–water partition coefficient (Wildman–Crippen LogP) is 2.70. The van der Waals surface area contributed by atoms with Crippen LogP contribution in [0.5, 0.6) is 5.75 Å². The van der Waals surface area contributed by atoms with Crippen molar-refractivity contribution in [3.63, 3.8) is 0 Å². The van der Waals surface area contributed by atoms with E-state index in [1.807, 2.05) is 25.1 Å². The molecule has 4 rings (SSSR count). The molecule has 0 spiro atoms. The highest BCUT2D eigenvalue weighted by Gasteiger charge is 2.33. The number of nitrogens with zero attached hydrogens (tertiary/aromatic N) is 2. The average molecular weight is 405 g/mol. The lowest BCUT2D eigenvalue weighted by Gasteiger charge is -2.36. The number of anilines is 1. The summed E-state index contributed by atoms with van der Waals surface area (Å²) in [6.07, 6.45) is 4.27. The molecule has 1 aromatic carbocycles. The number of ether oxygens (including phenoxy) is 1. The number of rotatable bonds is 3. The molecule has 8 heteroatoms. The van der Waals surface area contributed by atoms with Gasteiger partial charge in [0.2, 0.25) is 0 Å². The van der Waals surface area contributed by atoms with Crippen LogP contribution in [0, 0.1) is 11.6 Å². The normalized spacial score (nSPS) is 24.9. The van der Waals surface area contributed by atoms with Crippen LogP contribution < -0.4 is 20.7 Å². The second-order valence-electron chi connectivity index (χ2n) is 7.88. The van der Waals surface area contributed by atoms with Crippen LogP contribution in [0.25, 0.3) is 5.57 Å². The average Bonchev–Trinajstić information content (AvgIpc) is 3.04. The molecule has 0 bridgehead atoms. The van der Waals surface area contributed by atoms with E-state index in [2.05, 4.69) is 27.9 Å². The zero-order valence-corrected chi connectivity index (χ0v) is 17.2. The molecule has 2 unspecified atom stereocenters. The molecule has 0 fully saturated rings. The van der Waals surface area contributed by atoms with Crippen molar-refractivity contribution in [3.05, 3.63) is 28.8 Å². The lowest BCUT2D eigenvalue weighted by atomic mass is 9.95. The summed E-state index contributed by atoms with van der Waals surface area (Å²) in [6.45, 7) is 3.99. The molecule has 0 saturated heterocycles. The first kappa shape index (κ1) is 20.1. The summed E-state index contributed by atoms with van der Waals surface area (Å²) in [6, 6.07) is 0.187. The molecule has 3 aliphatic heterocycles. The minimum absolute atomic E-state index is 0.118. The number of allylic oxidation sites excluding steroid dienone is 1. The summed E-state index contributed by atoms with van der Waals surface area (Å²) in [5, 5.41) is 9.40. The van der Waals surface area contributed by atoms with E-state index in [0.717, 1.165) is 37.2 Å². The molecule has 1 aromatic rings. The number of hydrogen-bond donors (Lipinski definition) is 3. The molecule has 0 saturated carbocycles. The first-order valence-corrected chi connectivity index (χ1v) is 10.3. The fourth-order valence-corrected chi connectivity index (χ4v) is 4.19. The summed E-state index contributed by atoms with van der Waals surface area (Å²) in [4.78, 5) is 6.58. The van der Waals surface area contributed by atoms with E-state index >= 15 is 8.78 Å². The van der Waals surface area contributed by atoms with Crippen molar-refractivity contribution in [1.29, 1.82) is 0 Å². The maximum absolute atomic E-state index is 15.7. The van der Waals surface area contributed by atoms with E-state index in [0.29, 0.717) is 36.4 Å². The van der Waals surface area contributed by atoms with E-state index in [9.17, 15) is 0 Å². The Morgan fingerprint density at radius 1 is 1.28 bits per heavy atom. The van der Waals surface area contributed by atoms with Gasteiger partial charge in [-0.3, -0.25) is 4.90 Å². The summed E-state index contributed by atoms with van der Waals surface area (Å²) in [5.74, 6) is 0.0164. The van der Waals surface area contributed by atoms with Crippen molar-refractivity contribution in [3.8, 4) is 5.75 Å². The maximum Gasteiger partial charge on any atom is 0.178 e. The van der Waals surface area contributed by atoms with Crippen LogP contribution >= 0.6 is 0 Å². The van der Waals surface area contributed by atoms with E-state index in [1.54, 1.807) is 0 Å². The first-order valence-electron chi connectivity index (χ1n) is 10.3. The Hall–Kier alpha value is -2.19. The first-order chi connectivity index (χ1) is 14.0. The number of nitrogens with one attached hydrogen (secondary N) is 3. The van der Waals surface area contributed by atoms with E-state index in [-0.39, 0.29) is 11.7 Å². The largest absolute Gasteiger partial charge is 0.492 e. The van der Waals surface area contributed by atoms with Crippen LogP contribution in [0.4, 0.5) is 14.5 Å². The van der Waals surface area contributed by atoms with Crippen molar-refractivity contribution in [2.75, 3.05) is 39.1 Å². The fourth-order valence-electron chi connectivity index (χ4n) is 4.19. The van der Waals surface area contributed by atoms with Crippen LogP contribution in [0.2, 0.25) is 0 Å². The second-order valence-corrected chi connectivity index (χ2v) is 7.88. The number of benzene rings is 1. The zero-order valence-electron chi connectivity index (χ0n) is 17.2. The Morgan fingerprint density at radius 2 is 2.10 bits per heavy atom. The number of aliphatic imine (C=N–C) groups is 1. The van der Waals surface area contributed by atoms with Gasteiger partial charge < -0.3 is 20.7 Å².